The number of hydrogen-bond donors (Lipinski definition) is 1. The van der Waals surface area contributed by atoms with E-state index in [4.69, 9.17) is 9.84 Å². The predicted octanol–water partition coefficient (Wildman–Crippen LogP) is 3.04. The fraction of sp³-hybridized carbons (Fsp3) is 0.364. The van der Waals surface area contributed by atoms with Gasteiger partial charge in [0.25, 0.3) is 0 Å². The standard InChI is InChI=1S/C11H13BrO3/c1-7(6-10(13)14)8-4-3-5-9(15-2)11(8)12/h3-5,7H,6H2,1-2H3,(H,13,14). The van der Waals surface area contributed by atoms with Crippen molar-refractivity contribution in [3.8, 4) is 5.75 Å². The molecule has 0 saturated heterocycles. The average Bonchev–Trinajstić information content (AvgIpc) is 2.17. The molecule has 1 aromatic carbocycles. The molecular weight excluding hydrogens is 260 g/mol. The summed E-state index contributed by atoms with van der Waals surface area (Å²) >= 11 is 3.41. The average molecular weight is 273 g/mol. The van der Waals surface area contributed by atoms with E-state index in [1.165, 1.54) is 0 Å². The molecule has 0 spiro atoms. The first kappa shape index (κ1) is 12.0. The minimum atomic E-state index is -0.794. The third kappa shape index (κ3) is 2.96. The number of aliphatic carboxylic acids is 1. The lowest BCUT2D eigenvalue weighted by molar-refractivity contribution is -0.137. The van der Waals surface area contributed by atoms with Crippen LogP contribution >= 0.6 is 15.9 Å². The number of carbonyl (C=O) groups is 1. The molecule has 0 radical (unpaired) electrons. The largest absolute Gasteiger partial charge is 0.496 e. The Bertz CT molecular complexity index is 363. The van der Waals surface area contributed by atoms with E-state index in [0.717, 1.165) is 15.8 Å². The van der Waals surface area contributed by atoms with E-state index in [1.54, 1.807) is 7.11 Å². The number of halogens is 1. The fourth-order valence-corrected chi connectivity index (χ4v) is 2.25. The summed E-state index contributed by atoms with van der Waals surface area (Å²) in [4.78, 5) is 10.6. The minimum Gasteiger partial charge on any atom is -0.496 e. The first-order chi connectivity index (χ1) is 7.06. The SMILES string of the molecule is COc1cccc(C(C)CC(=O)O)c1Br. The Morgan fingerprint density at radius 3 is 2.80 bits per heavy atom. The topological polar surface area (TPSA) is 46.5 Å². The third-order valence-electron chi connectivity index (χ3n) is 2.22. The molecule has 0 aliphatic carbocycles. The highest BCUT2D eigenvalue weighted by molar-refractivity contribution is 9.10. The zero-order valence-corrected chi connectivity index (χ0v) is 10.2. The quantitative estimate of drug-likeness (QED) is 0.917. The van der Waals surface area contributed by atoms with E-state index < -0.39 is 5.97 Å². The van der Waals surface area contributed by atoms with Gasteiger partial charge < -0.3 is 9.84 Å². The van der Waals surface area contributed by atoms with E-state index in [2.05, 4.69) is 15.9 Å². The van der Waals surface area contributed by atoms with E-state index in [-0.39, 0.29) is 12.3 Å². The molecule has 1 aromatic rings. The Balaban J connectivity index is 2.98. The van der Waals surface area contributed by atoms with Gasteiger partial charge in [-0.05, 0) is 33.5 Å². The monoisotopic (exact) mass is 272 g/mol. The molecule has 3 nitrogen and oxygen atoms in total. The molecule has 0 saturated carbocycles. The molecule has 0 fully saturated rings. The van der Waals surface area contributed by atoms with Gasteiger partial charge >= 0.3 is 5.97 Å². The number of benzene rings is 1. The molecule has 1 unspecified atom stereocenters. The molecule has 15 heavy (non-hydrogen) atoms. The number of hydrogen-bond acceptors (Lipinski definition) is 2. The lowest BCUT2D eigenvalue weighted by atomic mass is 9.98. The van der Waals surface area contributed by atoms with Crippen molar-refractivity contribution in [1.82, 2.24) is 0 Å². The van der Waals surface area contributed by atoms with Crippen LogP contribution in [0.25, 0.3) is 0 Å². The normalized spacial score (nSPS) is 12.2. The van der Waals surface area contributed by atoms with E-state index in [9.17, 15) is 4.79 Å². The minimum absolute atomic E-state index is 0.0352. The summed E-state index contributed by atoms with van der Waals surface area (Å²) in [5.74, 6) is -0.103. The summed E-state index contributed by atoms with van der Waals surface area (Å²) in [7, 11) is 1.59. The molecule has 1 atom stereocenters. The van der Waals surface area contributed by atoms with Gasteiger partial charge in [0.2, 0.25) is 0 Å². The molecular formula is C11H13BrO3. The van der Waals surface area contributed by atoms with Crippen molar-refractivity contribution < 1.29 is 14.6 Å². The highest BCUT2D eigenvalue weighted by atomic mass is 79.9. The second-order valence-electron chi connectivity index (χ2n) is 3.36. The number of carboxylic acids is 1. The second kappa shape index (κ2) is 5.16. The summed E-state index contributed by atoms with van der Waals surface area (Å²) in [5.41, 5.74) is 0.955. The fourth-order valence-electron chi connectivity index (χ4n) is 1.44. The molecule has 1 N–H and O–H groups in total. The summed E-state index contributed by atoms with van der Waals surface area (Å²) in [6.07, 6.45) is 0.117. The highest BCUT2D eigenvalue weighted by Gasteiger charge is 2.15. The van der Waals surface area contributed by atoms with E-state index >= 15 is 0 Å². The highest BCUT2D eigenvalue weighted by Crippen LogP contribution is 2.34. The van der Waals surface area contributed by atoms with Crippen LogP contribution < -0.4 is 4.74 Å². The summed E-state index contributed by atoms with van der Waals surface area (Å²) in [6.45, 7) is 1.88. The van der Waals surface area contributed by atoms with Crippen molar-refractivity contribution in [1.29, 1.82) is 0 Å². The lowest BCUT2D eigenvalue weighted by Gasteiger charge is -2.13. The first-order valence-electron chi connectivity index (χ1n) is 4.60. The number of carboxylic acid groups (broad SMARTS) is 1. The van der Waals surface area contributed by atoms with Crippen molar-refractivity contribution in [3.63, 3.8) is 0 Å². The molecule has 4 heteroatoms. The van der Waals surface area contributed by atoms with Crippen LogP contribution in [0.1, 0.15) is 24.8 Å². The van der Waals surface area contributed by atoms with Crippen LogP contribution in [0.15, 0.2) is 22.7 Å². The van der Waals surface area contributed by atoms with Crippen LogP contribution in [-0.4, -0.2) is 18.2 Å². The van der Waals surface area contributed by atoms with Crippen LogP contribution in [0.3, 0.4) is 0 Å². The number of rotatable bonds is 4. The molecule has 0 aliphatic heterocycles. The van der Waals surface area contributed by atoms with Gasteiger partial charge in [0, 0.05) is 0 Å². The Kier molecular flexibility index (Phi) is 4.15. The number of ether oxygens (including phenoxy) is 1. The van der Waals surface area contributed by atoms with Crippen molar-refractivity contribution in [2.24, 2.45) is 0 Å². The van der Waals surface area contributed by atoms with Crippen LogP contribution in [-0.2, 0) is 4.79 Å². The van der Waals surface area contributed by atoms with Crippen molar-refractivity contribution in [2.45, 2.75) is 19.3 Å². The summed E-state index contributed by atoms with van der Waals surface area (Å²) in [6, 6.07) is 5.60. The van der Waals surface area contributed by atoms with E-state index in [0.29, 0.717) is 0 Å². The Hall–Kier alpha value is -1.03. The zero-order chi connectivity index (χ0) is 11.4. The maximum Gasteiger partial charge on any atom is 0.303 e. The maximum absolute atomic E-state index is 10.6. The summed E-state index contributed by atoms with van der Waals surface area (Å²) < 4.78 is 5.98. The molecule has 0 aromatic heterocycles. The lowest BCUT2D eigenvalue weighted by Crippen LogP contribution is -2.04. The number of methoxy groups -OCH3 is 1. The van der Waals surface area contributed by atoms with Crippen molar-refractivity contribution in [3.05, 3.63) is 28.2 Å². The molecule has 0 aliphatic rings. The van der Waals surface area contributed by atoms with Gasteiger partial charge in [-0.25, -0.2) is 0 Å². The van der Waals surface area contributed by atoms with Gasteiger partial charge in [0.15, 0.2) is 0 Å². The predicted molar refractivity (Wildman–Crippen MR) is 61.4 cm³/mol. The van der Waals surface area contributed by atoms with Crippen molar-refractivity contribution >= 4 is 21.9 Å². The molecule has 0 amide bonds. The van der Waals surface area contributed by atoms with Gasteiger partial charge in [-0.15, -0.1) is 0 Å². The smallest absolute Gasteiger partial charge is 0.303 e. The molecule has 82 valence electrons. The van der Waals surface area contributed by atoms with Gasteiger partial charge in [0.1, 0.15) is 5.75 Å². The van der Waals surface area contributed by atoms with E-state index in [1.807, 2.05) is 25.1 Å². The molecule has 0 bridgehead atoms. The van der Waals surface area contributed by atoms with Crippen LogP contribution in [0, 0.1) is 0 Å². The first-order valence-corrected chi connectivity index (χ1v) is 5.39. The van der Waals surface area contributed by atoms with Gasteiger partial charge in [-0.2, -0.15) is 0 Å². The molecule has 1 rings (SSSR count). The summed E-state index contributed by atoms with van der Waals surface area (Å²) in [5, 5.41) is 8.72. The molecule has 0 heterocycles. The second-order valence-corrected chi connectivity index (χ2v) is 4.16. The van der Waals surface area contributed by atoms with Crippen LogP contribution in [0.4, 0.5) is 0 Å². The Morgan fingerprint density at radius 1 is 1.60 bits per heavy atom. The van der Waals surface area contributed by atoms with Gasteiger partial charge in [-0.1, -0.05) is 19.1 Å². The maximum atomic E-state index is 10.6. The van der Waals surface area contributed by atoms with Crippen LogP contribution in [0.2, 0.25) is 0 Å². The van der Waals surface area contributed by atoms with Crippen molar-refractivity contribution in [2.75, 3.05) is 7.11 Å². The Labute approximate surface area is 97.2 Å². The van der Waals surface area contributed by atoms with Crippen LogP contribution in [0.5, 0.6) is 5.75 Å². The zero-order valence-electron chi connectivity index (χ0n) is 8.66. The third-order valence-corrected chi connectivity index (χ3v) is 3.07. The van der Waals surface area contributed by atoms with Gasteiger partial charge in [0.05, 0.1) is 18.0 Å². The Morgan fingerprint density at radius 2 is 2.27 bits per heavy atom. The van der Waals surface area contributed by atoms with Gasteiger partial charge in [-0.3, -0.25) is 4.79 Å².